The Kier molecular flexibility index (Phi) is 80.2. The Morgan fingerprint density at radius 3 is 0.657 bits per heavy atom. The summed E-state index contributed by atoms with van der Waals surface area (Å²) < 4.78 is 69.0. The molecule has 0 aromatic heterocycles. The molecule has 108 heavy (non-hydrogen) atoms. The molecule has 0 bridgehead atoms. The average molecular weight is 1580 g/mol. The van der Waals surface area contributed by atoms with Gasteiger partial charge in [0.25, 0.3) is 0 Å². The Bertz CT molecular complexity index is 2050. The first-order valence-electron chi connectivity index (χ1n) is 46.2. The number of rotatable bonds is 89. The number of unbranched alkanes of at least 4 members (excludes halogenated alkanes) is 60. The molecule has 0 aromatic carbocycles. The lowest BCUT2D eigenvalue weighted by atomic mass is 9.99. The predicted octanol–water partition coefficient (Wildman–Crippen LogP) is 27.5. The number of phosphoric acid groups is 2. The second-order valence-electron chi connectivity index (χ2n) is 32.2. The number of aliphatic hydroxyl groups excluding tert-OH is 1. The molecular weight excluding hydrogens is 1400 g/mol. The summed E-state index contributed by atoms with van der Waals surface area (Å²) in [6, 6.07) is 0. The van der Waals surface area contributed by atoms with E-state index in [0.29, 0.717) is 25.7 Å². The van der Waals surface area contributed by atoms with Gasteiger partial charge in [0, 0.05) is 25.7 Å². The minimum Gasteiger partial charge on any atom is -0.462 e. The maximum atomic E-state index is 13.2. The fraction of sp³-hybridized carbons (Fsp3) is 0.955. The van der Waals surface area contributed by atoms with Crippen molar-refractivity contribution in [3.05, 3.63) is 0 Å². The molecule has 642 valence electrons. The molecule has 0 amide bonds. The SMILES string of the molecule is CCCCCCCCCCCCCCCCCCCCCCCC(=O)O[C@H](COC(=O)CCCCCCCCCCCCCCCCCCCCCC)COP(=O)(O)OC[C@@H](O)COP(=O)(O)OC[C@@H](COC(=O)CCCCCCCCCCCCCCC)OC(=O)CCCCCCCCCCCCC(C)CC. The van der Waals surface area contributed by atoms with Crippen molar-refractivity contribution in [2.24, 2.45) is 5.92 Å². The van der Waals surface area contributed by atoms with Crippen LogP contribution in [0.4, 0.5) is 0 Å². The molecule has 0 heterocycles. The third kappa shape index (κ3) is 80.7. The van der Waals surface area contributed by atoms with Crippen molar-refractivity contribution in [2.75, 3.05) is 39.6 Å². The third-order valence-corrected chi connectivity index (χ3v) is 23.3. The Hall–Kier alpha value is -1.94. The second-order valence-corrected chi connectivity index (χ2v) is 35.1. The number of phosphoric ester groups is 2. The molecule has 0 aliphatic carbocycles. The van der Waals surface area contributed by atoms with Gasteiger partial charge < -0.3 is 33.8 Å². The van der Waals surface area contributed by atoms with E-state index in [1.165, 1.54) is 308 Å². The lowest BCUT2D eigenvalue weighted by Crippen LogP contribution is -2.30. The van der Waals surface area contributed by atoms with E-state index in [-0.39, 0.29) is 25.7 Å². The van der Waals surface area contributed by atoms with Crippen LogP contribution in [0.25, 0.3) is 0 Å². The Morgan fingerprint density at radius 2 is 0.444 bits per heavy atom. The summed E-state index contributed by atoms with van der Waals surface area (Å²) >= 11 is 0. The fourth-order valence-corrected chi connectivity index (χ4v) is 15.5. The van der Waals surface area contributed by atoms with Crippen molar-refractivity contribution < 1.29 is 80.2 Å². The molecule has 19 heteroatoms. The van der Waals surface area contributed by atoms with Crippen molar-refractivity contribution in [1.29, 1.82) is 0 Å². The number of hydrogen-bond donors (Lipinski definition) is 3. The Morgan fingerprint density at radius 1 is 0.259 bits per heavy atom. The molecule has 0 saturated carbocycles. The highest BCUT2D eigenvalue weighted by Crippen LogP contribution is 2.45. The first kappa shape index (κ1) is 106. The van der Waals surface area contributed by atoms with E-state index in [0.717, 1.165) is 95.8 Å². The molecule has 3 N–H and O–H groups in total. The van der Waals surface area contributed by atoms with E-state index in [9.17, 15) is 43.2 Å². The van der Waals surface area contributed by atoms with Gasteiger partial charge >= 0.3 is 39.5 Å². The van der Waals surface area contributed by atoms with Crippen LogP contribution in [0.2, 0.25) is 0 Å². The molecule has 0 aliphatic rings. The van der Waals surface area contributed by atoms with Crippen LogP contribution in [0.5, 0.6) is 0 Å². The van der Waals surface area contributed by atoms with Gasteiger partial charge in [-0.15, -0.1) is 0 Å². The zero-order chi connectivity index (χ0) is 79.0. The number of esters is 4. The van der Waals surface area contributed by atoms with Gasteiger partial charge in [-0.3, -0.25) is 37.3 Å². The van der Waals surface area contributed by atoms with Crippen molar-refractivity contribution in [1.82, 2.24) is 0 Å². The summed E-state index contributed by atoms with van der Waals surface area (Å²) in [5.41, 5.74) is 0. The van der Waals surface area contributed by atoms with Crippen molar-refractivity contribution in [2.45, 2.75) is 502 Å². The first-order valence-corrected chi connectivity index (χ1v) is 49.2. The molecule has 3 unspecified atom stereocenters. The molecule has 6 atom stereocenters. The summed E-state index contributed by atoms with van der Waals surface area (Å²) in [6.45, 7) is 7.41. The van der Waals surface area contributed by atoms with Crippen LogP contribution < -0.4 is 0 Å². The monoisotopic (exact) mass is 1580 g/mol. The number of carbonyl (C=O) groups is 4. The highest BCUT2D eigenvalue weighted by Gasteiger charge is 2.31. The van der Waals surface area contributed by atoms with E-state index in [2.05, 4.69) is 34.6 Å². The first-order chi connectivity index (χ1) is 52.6. The summed E-state index contributed by atoms with van der Waals surface area (Å²) in [5.74, 6) is -1.29. The molecule has 0 spiro atoms. The van der Waals surface area contributed by atoms with Crippen LogP contribution in [0, 0.1) is 5.92 Å². The fourth-order valence-electron chi connectivity index (χ4n) is 14.0. The van der Waals surface area contributed by atoms with Crippen molar-refractivity contribution in [3.63, 3.8) is 0 Å². The lowest BCUT2D eigenvalue weighted by Gasteiger charge is -2.21. The maximum absolute atomic E-state index is 13.2. The van der Waals surface area contributed by atoms with E-state index in [4.69, 9.17) is 37.0 Å². The molecule has 0 rings (SSSR count). The van der Waals surface area contributed by atoms with Crippen LogP contribution >= 0.6 is 15.6 Å². The number of ether oxygens (including phenoxy) is 4. The van der Waals surface area contributed by atoms with Crippen LogP contribution in [0.1, 0.15) is 484 Å². The Labute approximate surface area is 664 Å². The van der Waals surface area contributed by atoms with E-state index in [1.54, 1.807) is 0 Å². The molecule has 0 radical (unpaired) electrons. The van der Waals surface area contributed by atoms with Crippen LogP contribution in [0.3, 0.4) is 0 Å². The normalized spacial score (nSPS) is 14.0. The van der Waals surface area contributed by atoms with Gasteiger partial charge in [-0.1, -0.05) is 433 Å². The minimum absolute atomic E-state index is 0.107. The van der Waals surface area contributed by atoms with Gasteiger partial charge in [0.1, 0.15) is 19.3 Å². The maximum Gasteiger partial charge on any atom is 0.472 e. The van der Waals surface area contributed by atoms with Crippen LogP contribution in [0.15, 0.2) is 0 Å². The lowest BCUT2D eigenvalue weighted by molar-refractivity contribution is -0.161. The topological polar surface area (TPSA) is 237 Å². The smallest absolute Gasteiger partial charge is 0.462 e. The predicted molar refractivity (Wildman–Crippen MR) is 446 cm³/mol. The number of aliphatic hydroxyl groups is 1. The van der Waals surface area contributed by atoms with E-state index in [1.807, 2.05) is 0 Å². The van der Waals surface area contributed by atoms with Crippen LogP contribution in [-0.2, 0) is 65.4 Å². The summed E-state index contributed by atoms with van der Waals surface area (Å²) in [7, 11) is -9.93. The zero-order valence-electron chi connectivity index (χ0n) is 71.0. The highest BCUT2D eigenvalue weighted by atomic mass is 31.2. The highest BCUT2D eigenvalue weighted by molar-refractivity contribution is 7.47. The van der Waals surface area contributed by atoms with Gasteiger partial charge in [0.05, 0.1) is 26.4 Å². The summed E-state index contributed by atoms with van der Waals surface area (Å²) in [5, 5.41) is 10.7. The van der Waals surface area contributed by atoms with Gasteiger partial charge in [0.2, 0.25) is 0 Å². The van der Waals surface area contributed by atoms with Gasteiger partial charge in [-0.2, -0.15) is 0 Å². The van der Waals surface area contributed by atoms with Gasteiger partial charge in [-0.05, 0) is 31.6 Å². The van der Waals surface area contributed by atoms with Gasteiger partial charge in [-0.25, -0.2) is 9.13 Å². The second kappa shape index (κ2) is 81.6. The molecule has 0 aromatic rings. The molecule has 0 saturated heterocycles. The van der Waals surface area contributed by atoms with Crippen LogP contribution in [-0.4, -0.2) is 96.7 Å². The zero-order valence-corrected chi connectivity index (χ0v) is 72.8. The third-order valence-electron chi connectivity index (χ3n) is 21.4. The number of hydrogen-bond acceptors (Lipinski definition) is 15. The molecule has 0 aliphatic heterocycles. The standard InChI is InChI=1S/C89H174O17P2/c1-6-10-13-16-19-22-25-28-30-32-34-36-38-40-42-45-48-54-59-64-69-74-88(93)105-84(78-100-87(92)73-68-63-58-53-47-44-41-39-37-35-33-31-29-26-23-20-17-14-11-7-2)80-103-107(95,96)101-76-83(90)77-102-108(97,98)104-81-85(79-99-86(91)72-67-62-57-52-46-43-27-24-21-18-15-12-8-3)106-89(94)75-70-65-60-55-50-49-51-56-61-66-71-82(5)9-4/h82-85,90H,6-81H2,1-5H3,(H,95,96)(H,97,98)/t82?,83-,84-,85-/m1/s1. The summed E-state index contributed by atoms with van der Waals surface area (Å²) in [4.78, 5) is 73.4. The van der Waals surface area contributed by atoms with Crippen molar-refractivity contribution in [3.8, 4) is 0 Å². The van der Waals surface area contributed by atoms with E-state index < -0.39 is 97.5 Å². The minimum atomic E-state index is -4.97. The summed E-state index contributed by atoms with van der Waals surface area (Å²) in [6.07, 6.45) is 76.4. The van der Waals surface area contributed by atoms with E-state index >= 15 is 0 Å². The van der Waals surface area contributed by atoms with Crippen molar-refractivity contribution >= 4 is 39.5 Å². The average Bonchev–Trinajstić information content (AvgIpc) is 0.903. The molecule has 17 nitrogen and oxygen atoms in total. The molecular formula is C89H174O17P2. The quantitative estimate of drug-likeness (QED) is 0.0222. The number of carbonyl (C=O) groups excluding carboxylic acids is 4. The Balaban J connectivity index is 5.24. The molecule has 0 fully saturated rings. The largest absolute Gasteiger partial charge is 0.472 e. The van der Waals surface area contributed by atoms with Gasteiger partial charge in [0.15, 0.2) is 12.2 Å².